The summed E-state index contributed by atoms with van der Waals surface area (Å²) in [7, 11) is 0. The van der Waals surface area contributed by atoms with Crippen LogP contribution >= 0.6 is 0 Å². The highest BCUT2D eigenvalue weighted by Crippen LogP contribution is 2.39. The van der Waals surface area contributed by atoms with Crippen LogP contribution in [0, 0.1) is 17.3 Å². The summed E-state index contributed by atoms with van der Waals surface area (Å²) < 4.78 is 0. The number of hydrogen-bond acceptors (Lipinski definition) is 2. The molecule has 1 saturated heterocycles. The third kappa shape index (κ3) is 2.17. The predicted molar refractivity (Wildman–Crippen MR) is 63.4 cm³/mol. The molecule has 4 heteroatoms. The van der Waals surface area contributed by atoms with Crippen LogP contribution in [-0.4, -0.2) is 35.0 Å². The van der Waals surface area contributed by atoms with Gasteiger partial charge in [0, 0.05) is 13.1 Å². The molecule has 1 amide bonds. The Morgan fingerprint density at radius 2 is 2.00 bits per heavy atom. The standard InChI is InChI=1S/C13H21NO3/c1-3-13(2)6-7-14(8-13)11(15)9-4-5-10(9)12(16)17/h9-10H,3-8H2,1-2H3,(H,16,17). The van der Waals surface area contributed by atoms with Crippen LogP contribution in [0.2, 0.25) is 0 Å². The van der Waals surface area contributed by atoms with E-state index in [1.54, 1.807) is 0 Å². The van der Waals surface area contributed by atoms with Crippen molar-refractivity contribution < 1.29 is 14.7 Å². The van der Waals surface area contributed by atoms with Gasteiger partial charge in [-0.05, 0) is 31.1 Å². The van der Waals surface area contributed by atoms with Crippen molar-refractivity contribution in [2.45, 2.75) is 39.5 Å². The average Bonchev–Trinajstić information content (AvgIpc) is 2.59. The molecule has 1 heterocycles. The molecule has 17 heavy (non-hydrogen) atoms. The van der Waals surface area contributed by atoms with E-state index >= 15 is 0 Å². The lowest BCUT2D eigenvalue weighted by Gasteiger charge is -2.35. The van der Waals surface area contributed by atoms with Crippen LogP contribution in [0.3, 0.4) is 0 Å². The van der Waals surface area contributed by atoms with Gasteiger partial charge in [0.15, 0.2) is 0 Å². The van der Waals surface area contributed by atoms with E-state index < -0.39 is 11.9 Å². The third-order valence-electron chi connectivity index (χ3n) is 4.63. The molecular weight excluding hydrogens is 218 g/mol. The van der Waals surface area contributed by atoms with E-state index in [-0.39, 0.29) is 17.2 Å². The fraction of sp³-hybridized carbons (Fsp3) is 0.846. The number of carbonyl (C=O) groups is 2. The second-order valence-corrected chi connectivity index (χ2v) is 5.80. The number of hydrogen-bond donors (Lipinski definition) is 1. The smallest absolute Gasteiger partial charge is 0.307 e. The molecule has 0 aromatic carbocycles. The van der Waals surface area contributed by atoms with E-state index in [1.165, 1.54) is 0 Å². The quantitative estimate of drug-likeness (QED) is 0.816. The van der Waals surface area contributed by atoms with E-state index in [1.807, 2.05) is 4.90 Å². The van der Waals surface area contributed by atoms with Crippen LogP contribution in [-0.2, 0) is 9.59 Å². The molecule has 0 spiro atoms. The van der Waals surface area contributed by atoms with Gasteiger partial charge >= 0.3 is 5.97 Å². The van der Waals surface area contributed by atoms with Gasteiger partial charge in [0.2, 0.25) is 5.91 Å². The van der Waals surface area contributed by atoms with Gasteiger partial charge in [-0.25, -0.2) is 0 Å². The summed E-state index contributed by atoms with van der Waals surface area (Å²) in [5.41, 5.74) is 0.234. The van der Waals surface area contributed by atoms with E-state index in [0.717, 1.165) is 32.4 Å². The van der Waals surface area contributed by atoms with Crippen molar-refractivity contribution in [3.63, 3.8) is 0 Å². The van der Waals surface area contributed by atoms with Gasteiger partial charge in [-0.15, -0.1) is 0 Å². The molecule has 3 atom stereocenters. The Bertz CT molecular complexity index is 342. The summed E-state index contributed by atoms with van der Waals surface area (Å²) in [6.45, 7) is 5.95. The Balaban J connectivity index is 1.96. The lowest BCUT2D eigenvalue weighted by molar-refractivity contribution is -0.156. The molecule has 1 aliphatic carbocycles. The van der Waals surface area contributed by atoms with E-state index in [0.29, 0.717) is 6.42 Å². The van der Waals surface area contributed by atoms with Crippen molar-refractivity contribution in [3.8, 4) is 0 Å². The molecule has 0 aromatic rings. The van der Waals surface area contributed by atoms with Crippen LogP contribution in [0.1, 0.15) is 39.5 Å². The van der Waals surface area contributed by atoms with Gasteiger partial charge < -0.3 is 10.0 Å². The first-order chi connectivity index (χ1) is 7.97. The number of carbonyl (C=O) groups excluding carboxylic acids is 1. The Hall–Kier alpha value is -1.06. The largest absolute Gasteiger partial charge is 0.481 e. The minimum Gasteiger partial charge on any atom is -0.481 e. The maximum Gasteiger partial charge on any atom is 0.307 e. The summed E-state index contributed by atoms with van der Waals surface area (Å²) in [4.78, 5) is 25.0. The minimum absolute atomic E-state index is 0.0702. The number of aliphatic carboxylic acids is 1. The van der Waals surface area contributed by atoms with E-state index in [4.69, 9.17) is 5.11 Å². The summed E-state index contributed by atoms with van der Waals surface area (Å²) in [6, 6.07) is 0. The van der Waals surface area contributed by atoms with Crippen molar-refractivity contribution in [1.82, 2.24) is 4.90 Å². The lowest BCUT2D eigenvalue weighted by atomic mass is 9.73. The van der Waals surface area contributed by atoms with Gasteiger partial charge in [-0.2, -0.15) is 0 Å². The summed E-state index contributed by atoms with van der Waals surface area (Å²) in [5, 5.41) is 8.97. The van der Waals surface area contributed by atoms with Crippen LogP contribution in [0.5, 0.6) is 0 Å². The second kappa shape index (κ2) is 4.31. The van der Waals surface area contributed by atoms with Crippen LogP contribution in [0.15, 0.2) is 0 Å². The zero-order valence-electron chi connectivity index (χ0n) is 10.6. The van der Waals surface area contributed by atoms with Gasteiger partial charge in [0.1, 0.15) is 0 Å². The first kappa shape index (κ1) is 12.4. The molecular formula is C13H21NO3. The van der Waals surface area contributed by atoms with Crippen molar-refractivity contribution in [2.24, 2.45) is 17.3 Å². The molecule has 1 N–H and O–H groups in total. The molecule has 2 fully saturated rings. The fourth-order valence-electron chi connectivity index (χ4n) is 2.83. The van der Waals surface area contributed by atoms with Crippen LogP contribution < -0.4 is 0 Å². The molecule has 4 nitrogen and oxygen atoms in total. The van der Waals surface area contributed by atoms with Gasteiger partial charge in [0.05, 0.1) is 11.8 Å². The van der Waals surface area contributed by atoms with Crippen molar-refractivity contribution in [3.05, 3.63) is 0 Å². The summed E-state index contributed by atoms with van der Waals surface area (Å²) in [6.07, 6.45) is 3.52. The zero-order chi connectivity index (χ0) is 12.6. The number of nitrogens with zero attached hydrogens (tertiary/aromatic N) is 1. The Labute approximate surface area is 102 Å². The average molecular weight is 239 g/mol. The molecule has 2 rings (SSSR count). The summed E-state index contributed by atoms with van der Waals surface area (Å²) >= 11 is 0. The topological polar surface area (TPSA) is 57.6 Å². The molecule has 2 aliphatic rings. The molecule has 96 valence electrons. The first-order valence-electron chi connectivity index (χ1n) is 6.48. The molecule has 0 radical (unpaired) electrons. The van der Waals surface area contributed by atoms with Crippen molar-refractivity contribution in [1.29, 1.82) is 0 Å². The maximum atomic E-state index is 12.2. The normalized spacial score (nSPS) is 36.7. The fourth-order valence-corrected chi connectivity index (χ4v) is 2.83. The van der Waals surface area contributed by atoms with Crippen LogP contribution in [0.4, 0.5) is 0 Å². The third-order valence-corrected chi connectivity index (χ3v) is 4.63. The number of carboxylic acids is 1. The molecule has 1 saturated carbocycles. The Kier molecular flexibility index (Phi) is 3.15. The lowest BCUT2D eigenvalue weighted by Crippen LogP contribution is -2.45. The second-order valence-electron chi connectivity index (χ2n) is 5.80. The highest BCUT2D eigenvalue weighted by atomic mass is 16.4. The SMILES string of the molecule is CCC1(C)CCN(C(=O)C2CCC2C(=O)O)C1. The van der Waals surface area contributed by atoms with Gasteiger partial charge in [0.25, 0.3) is 0 Å². The molecule has 1 aliphatic heterocycles. The maximum absolute atomic E-state index is 12.2. The highest BCUT2D eigenvalue weighted by Gasteiger charge is 2.45. The van der Waals surface area contributed by atoms with Crippen molar-refractivity contribution >= 4 is 11.9 Å². The van der Waals surface area contributed by atoms with Gasteiger partial charge in [-0.1, -0.05) is 13.8 Å². The van der Waals surface area contributed by atoms with Crippen molar-refractivity contribution in [2.75, 3.05) is 13.1 Å². The number of rotatable bonds is 3. The van der Waals surface area contributed by atoms with E-state index in [9.17, 15) is 9.59 Å². The number of likely N-dealkylation sites (tertiary alicyclic amines) is 1. The van der Waals surface area contributed by atoms with Gasteiger partial charge in [-0.3, -0.25) is 9.59 Å². The minimum atomic E-state index is -0.813. The highest BCUT2D eigenvalue weighted by molar-refractivity contribution is 5.86. The molecule has 0 bridgehead atoms. The number of amides is 1. The van der Waals surface area contributed by atoms with E-state index in [2.05, 4.69) is 13.8 Å². The molecule has 0 aromatic heterocycles. The van der Waals surface area contributed by atoms with Crippen LogP contribution in [0.25, 0.3) is 0 Å². The predicted octanol–water partition coefficient (Wildman–Crippen LogP) is 1.75. The number of carboxylic acid groups (broad SMARTS) is 1. The zero-order valence-corrected chi connectivity index (χ0v) is 10.6. The molecule has 3 unspecified atom stereocenters. The monoisotopic (exact) mass is 239 g/mol. The first-order valence-corrected chi connectivity index (χ1v) is 6.48. The Morgan fingerprint density at radius 3 is 2.41 bits per heavy atom. The summed E-state index contributed by atoms with van der Waals surface area (Å²) in [5.74, 6) is -1.43. The Morgan fingerprint density at radius 1 is 1.35 bits per heavy atom.